The van der Waals surface area contributed by atoms with Crippen molar-refractivity contribution in [1.29, 1.82) is 0 Å². The Bertz CT molecular complexity index is 847. The van der Waals surface area contributed by atoms with Crippen LogP contribution in [0.15, 0.2) is 30.9 Å². The third-order valence-corrected chi connectivity index (χ3v) is 7.09. The summed E-state index contributed by atoms with van der Waals surface area (Å²) in [5.41, 5.74) is 3.45. The van der Waals surface area contributed by atoms with Gasteiger partial charge in [0.1, 0.15) is 0 Å². The highest BCUT2D eigenvalue weighted by Gasteiger charge is 2.58. The van der Waals surface area contributed by atoms with E-state index in [0.717, 1.165) is 32.6 Å². The van der Waals surface area contributed by atoms with Crippen LogP contribution >= 0.6 is 0 Å². The molecule has 7 nitrogen and oxygen atoms in total. The molecule has 4 rings (SSSR count). The molecule has 0 N–H and O–H groups in total. The number of carbonyl (C=O) groups is 2. The highest BCUT2D eigenvalue weighted by Crippen LogP contribution is 2.44. The topological polar surface area (TPSA) is 62.3 Å². The van der Waals surface area contributed by atoms with Gasteiger partial charge in [-0.25, -0.2) is 5.06 Å². The number of rotatable bonds is 6. The largest absolute Gasteiger partial charge is 0.469 e. The normalized spacial score (nSPS) is 23.2. The van der Waals surface area contributed by atoms with Crippen molar-refractivity contribution in [2.24, 2.45) is 5.92 Å². The number of methoxy groups -OCH3 is 1. The lowest BCUT2D eigenvalue weighted by atomic mass is 9.77. The Kier molecular flexibility index (Phi) is 6.34. The van der Waals surface area contributed by atoms with Crippen LogP contribution in [-0.2, 0) is 32.1 Å². The quantitative estimate of drug-likeness (QED) is 0.514. The Balaban J connectivity index is 1.47. The average molecular weight is 428 g/mol. The molecule has 0 radical (unpaired) electrons. The summed E-state index contributed by atoms with van der Waals surface area (Å²) in [6, 6.07) is 6.80. The molecule has 0 unspecified atom stereocenters. The summed E-state index contributed by atoms with van der Waals surface area (Å²) in [6.45, 7) is 7.51. The van der Waals surface area contributed by atoms with Crippen molar-refractivity contribution in [3.8, 4) is 0 Å². The Hall–Kier alpha value is -2.38. The van der Waals surface area contributed by atoms with Crippen LogP contribution in [0.5, 0.6) is 0 Å². The van der Waals surface area contributed by atoms with E-state index in [1.807, 2.05) is 0 Å². The number of fused-ring (bicyclic) bond motifs is 1. The maximum atomic E-state index is 12.7. The highest BCUT2D eigenvalue weighted by atomic mass is 16.7. The number of anilines is 1. The Morgan fingerprint density at radius 2 is 2.06 bits per heavy atom. The van der Waals surface area contributed by atoms with Gasteiger partial charge < -0.3 is 9.64 Å². The molecule has 0 saturated carbocycles. The van der Waals surface area contributed by atoms with E-state index in [4.69, 9.17) is 9.57 Å². The van der Waals surface area contributed by atoms with E-state index in [2.05, 4.69) is 41.6 Å². The molecule has 1 aromatic carbocycles. The molecule has 168 valence electrons. The molecule has 1 atom stereocenters. The van der Waals surface area contributed by atoms with E-state index in [1.165, 1.54) is 35.4 Å². The van der Waals surface area contributed by atoms with Crippen LogP contribution in [0, 0.1) is 5.92 Å². The van der Waals surface area contributed by atoms with Crippen LogP contribution in [0.4, 0.5) is 5.69 Å². The zero-order chi connectivity index (χ0) is 22.0. The van der Waals surface area contributed by atoms with E-state index in [9.17, 15) is 9.59 Å². The molecule has 1 aromatic rings. The maximum Gasteiger partial charge on any atom is 0.311 e. The molecule has 2 fully saturated rings. The first-order valence-electron chi connectivity index (χ1n) is 11.2. The number of amides is 1. The molecule has 31 heavy (non-hydrogen) atoms. The van der Waals surface area contributed by atoms with Crippen LogP contribution in [0.25, 0.3) is 0 Å². The van der Waals surface area contributed by atoms with Crippen molar-refractivity contribution >= 4 is 17.6 Å². The minimum atomic E-state index is -0.637. The van der Waals surface area contributed by atoms with Gasteiger partial charge in [-0.15, -0.1) is 6.58 Å². The summed E-state index contributed by atoms with van der Waals surface area (Å²) in [5.74, 6) is -0.967. The zero-order valence-corrected chi connectivity index (χ0v) is 18.6. The molecule has 3 aliphatic heterocycles. The summed E-state index contributed by atoms with van der Waals surface area (Å²) < 4.78 is 5.04. The second kappa shape index (κ2) is 9.01. The molecule has 0 bridgehead atoms. The second-order valence-corrected chi connectivity index (χ2v) is 8.92. The molecule has 2 saturated heterocycles. The average Bonchev–Trinajstić information content (AvgIpc) is 3.04. The molecular weight excluding hydrogens is 394 g/mol. The number of piperidine rings is 1. The van der Waals surface area contributed by atoms with Gasteiger partial charge in [0.25, 0.3) is 0 Å². The molecule has 1 spiro atoms. The zero-order valence-electron chi connectivity index (χ0n) is 18.6. The van der Waals surface area contributed by atoms with Crippen molar-refractivity contribution in [2.45, 2.75) is 44.2 Å². The number of hydroxylamine groups is 2. The SMILES string of the molecule is C=CCON1C(=O)C[C@@H](C(=O)OC)C12CCN(Cc1ccc3c(c1)CCCN3C)CC2. The van der Waals surface area contributed by atoms with Gasteiger partial charge in [0.15, 0.2) is 0 Å². The fourth-order valence-electron chi connectivity index (χ4n) is 5.46. The minimum absolute atomic E-state index is 0.141. The van der Waals surface area contributed by atoms with Gasteiger partial charge in [0.05, 0.1) is 25.2 Å². The maximum absolute atomic E-state index is 12.7. The van der Waals surface area contributed by atoms with Gasteiger partial charge in [-0.05, 0) is 42.9 Å². The number of esters is 1. The van der Waals surface area contributed by atoms with Crippen LogP contribution in [-0.4, -0.2) is 67.8 Å². The summed E-state index contributed by atoms with van der Waals surface area (Å²) >= 11 is 0. The smallest absolute Gasteiger partial charge is 0.311 e. The van der Waals surface area contributed by atoms with E-state index < -0.39 is 11.5 Å². The number of aryl methyl sites for hydroxylation is 1. The van der Waals surface area contributed by atoms with E-state index >= 15 is 0 Å². The lowest BCUT2D eigenvalue weighted by Gasteiger charge is -2.45. The van der Waals surface area contributed by atoms with Gasteiger partial charge in [-0.2, -0.15) is 0 Å². The van der Waals surface area contributed by atoms with Crippen LogP contribution < -0.4 is 4.90 Å². The number of ether oxygens (including phenoxy) is 1. The van der Waals surface area contributed by atoms with Crippen molar-refractivity contribution < 1.29 is 19.2 Å². The minimum Gasteiger partial charge on any atom is -0.469 e. The van der Waals surface area contributed by atoms with E-state index in [0.29, 0.717) is 12.8 Å². The fraction of sp³-hybridized carbons (Fsp3) is 0.583. The summed E-state index contributed by atoms with van der Waals surface area (Å²) in [4.78, 5) is 35.6. The molecule has 3 heterocycles. The number of hydrogen-bond donors (Lipinski definition) is 0. The molecule has 1 amide bonds. The Labute approximate surface area is 184 Å². The molecule has 7 heteroatoms. The van der Waals surface area contributed by atoms with Crippen LogP contribution in [0.1, 0.15) is 36.8 Å². The summed E-state index contributed by atoms with van der Waals surface area (Å²) in [6.07, 6.45) is 5.46. The highest BCUT2D eigenvalue weighted by molar-refractivity contribution is 5.88. The number of nitrogens with zero attached hydrogens (tertiary/aromatic N) is 3. The monoisotopic (exact) mass is 427 g/mol. The molecule has 3 aliphatic rings. The Morgan fingerprint density at radius 1 is 1.29 bits per heavy atom. The van der Waals surface area contributed by atoms with Crippen molar-refractivity contribution in [3.63, 3.8) is 0 Å². The van der Waals surface area contributed by atoms with Gasteiger partial charge >= 0.3 is 5.97 Å². The fourth-order valence-corrected chi connectivity index (χ4v) is 5.46. The Morgan fingerprint density at radius 3 is 2.77 bits per heavy atom. The van der Waals surface area contributed by atoms with Gasteiger partial charge in [-0.1, -0.05) is 18.2 Å². The molecular formula is C24H33N3O4. The molecule has 0 aromatic heterocycles. The van der Waals surface area contributed by atoms with E-state index in [1.54, 1.807) is 6.08 Å². The summed E-state index contributed by atoms with van der Waals surface area (Å²) in [5, 5.41) is 1.46. The predicted molar refractivity (Wildman–Crippen MR) is 118 cm³/mol. The van der Waals surface area contributed by atoms with Gasteiger partial charge in [0.2, 0.25) is 5.91 Å². The van der Waals surface area contributed by atoms with Crippen molar-refractivity contribution in [2.75, 3.05) is 45.3 Å². The standard InChI is InChI=1S/C24H33N3O4/c1-4-14-31-27-22(28)16-20(23(29)30-3)24(27)9-12-26(13-10-24)17-18-7-8-21-19(15-18)6-5-11-25(21)2/h4,7-8,15,20H,1,5-6,9-14,16-17H2,2-3H3/t20-/m0/s1. The van der Waals surface area contributed by atoms with Gasteiger partial charge in [0, 0.05) is 45.3 Å². The van der Waals surface area contributed by atoms with Crippen LogP contribution in [0.2, 0.25) is 0 Å². The van der Waals surface area contributed by atoms with Crippen molar-refractivity contribution in [1.82, 2.24) is 9.96 Å². The number of benzene rings is 1. The first-order chi connectivity index (χ1) is 15.0. The second-order valence-electron chi connectivity index (χ2n) is 8.92. The third kappa shape index (κ3) is 4.08. The van der Waals surface area contributed by atoms with E-state index in [-0.39, 0.29) is 24.9 Å². The first-order valence-corrected chi connectivity index (χ1v) is 11.2. The predicted octanol–water partition coefficient (Wildman–Crippen LogP) is 2.54. The lowest BCUT2D eigenvalue weighted by molar-refractivity contribution is -0.218. The third-order valence-electron chi connectivity index (χ3n) is 7.09. The van der Waals surface area contributed by atoms with Gasteiger partial charge in [-0.3, -0.25) is 19.3 Å². The first kappa shape index (κ1) is 21.8. The number of carbonyl (C=O) groups excluding carboxylic acids is 2. The number of hydrogen-bond acceptors (Lipinski definition) is 6. The summed E-state index contributed by atoms with van der Waals surface area (Å²) in [7, 11) is 3.54. The number of likely N-dealkylation sites (tertiary alicyclic amines) is 1. The van der Waals surface area contributed by atoms with Crippen molar-refractivity contribution in [3.05, 3.63) is 42.0 Å². The van der Waals surface area contributed by atoms with Crippen LogP contribution in [0.3, 0.4) is 0 Å². The lowest BCUT2D eigenvalue weighted by Crippen LogP contribution is -2.57. The molecule has 0 aliphatic carbocycles.